The number of rotatable bonds is 7. The standard InChI is InChI=1S/C18H19ClN4O/c19-16-8-6-15(7-9-16)18-22-21-17(24-18)13-23(11-10-20)12-14-4-2-1-3-5-14/h1-9H,10-13,20H2. The van der Waals surface area contributed by atoms with Crippen LogP contribution in [0.4, 0.5) is 0 Å². The first-order valence-electron chi connectivity index (χ1n) is 7.79. The second-order valence-electron chi connectivity index (χ2n) is 5.49. The van der Waals surface area contributed by atoms with Gasteiger partial charge < -0.3 is 10.2 Å². The summed E-state index contributed by atoms with van der Waals surface area (Å²) in [5.41, 5.74) is 7.81. The summed E-state index contributed by atoms with van der Waals surface area (Å²) in [4.78, 5) is 2.19. The topological polar surface area (TPSA) is 68.2 Å². The lowest BCUT2D eigenvalue weighted by Crippen LogP contribution is -2.28. The van der Waals surface area contributed by atoms with E-state index in [1.807, 2.05) is 30.3 Å². The maximum Gasteiger partial charge on any atom is 0.247 e. The number of nitrogens with two attached hydrogens (primary N) is 1. The van der Waals surface area contributed by atoms with E-state index >= 15 is 0 Å². The van der Waals surface area contributed by atoms with Crippen LogP contribution in [0.2, 0.25) is 5.02 Å². The van der Waals surface area contributed by atoms with E-state index in [2.05, 4.69) is 27.2 Å². The van der Waals surface area contributed by atoms with E-state index < -0.39 is 0 Å². The van der Waals surface area contributed by atoms with Gasteiger partial charge in [-0.25, -0.2) is 0 Å². The highest BCUT2D eigenvalue weighted by atomic mass is 35.5. The highest BCUT2D eigenvalue weighted by Gasteiger charge is 2.13. The average molecular weight is 343 g/mol. The lowest BCUT2D eigenvalue weighted by molar-refractivity contribution is 0.238. The molecule has 0 saturated heterocycles. The van der Waals surface area contributed by atoms with Gasteiger partial charge in [-0.2, -0.15) is 0 Å². The Morgan fingerprint density at radius 2 is 1.71 bits per heavy atom. The molecule has 2 aromatic carbocycles. The summed E-state index contributed by atoms with van der Waals surface area (Å²) in [5, 5.41) is 8.94. The first-order chi connectivity index (χ1) is 11.7. The van der Waals surface area contributed by atoms with E-state index in [0.717, 1.165) is 18.7 Å². The number of halogens is 1. The smallest absolute Gasteiger partial charge is 0.247 e. The predicted molar refractivity (Wildman–Crippen MR) is 94.4 cm³/mol. The molecule has 0 atom stereocenters. The molecule has 5 nitrogen and oxygen atoms in total. The quantitative estimate of drug-likeness (QED) is 0.713. The van der Waals surface area contributed by atoms with Gasteiger partial charge in [0.05, 0.1) is 6.54 Å². The summed E-state index contributed by atoms with van der Waals surface area (Å²) < 4.78 is 5.78. The van der Waals surface area contributed by atoms with Gasteiger partial charge in [0.25, 0.3) is 0 Å². The minimum atomic E-state index is 0.495. The highest BCUT2D eigenvalue weighted by Crippen LogP contribution is 2.20. The SMILES string of the molecule is NCCN(Cc1ccccc1)Cc1nnc(-c2ccc(Cl)cc2)o1. The molecule has 1 heterocycles. The van der Waals surface area contributed by atoms with Gasteiger partial charge in [-0.3, -0.25) is 4.90 Å². The Kier molecular flexibility index (Phi) is 5.59. The van der Waals surface area contributed by atoms with Gasteiger partial charge in [-0.1, -0.05) is 41.9 Å². The molecule has 3 rings (SSSR count). The Bertz CT molecular complexity index is 758. The third kappa shape index (κ3) is 4.41. The molecule has 6 heteroatoms. The second kappa shape index (κ2) is 8.06. The Hall–Kier alpha value is -2.21. The van der Waals surface area contributed by atoms with Crippen molar-refractivity contribution in [2.75, 3.05) is 13.1 Å². The van der Waals surface area contributed by atoms with Gasteiger partial charge in [0.1, 0.15) is 0 Å². The Balaban J connectivity index is 1.70. The minimum absolute atomic E-state index is 0.495. The van der Waals surface area contributed by atoms with Gasteiger partial charge in [-0.05, 0) is 29.8 Å². The van der Waals surface area contributed by atoms with Crippen LogP contribution in [-0.2, 0) is 13.1 Å². The van der Waals surface area contributed by atoms with Crippen molar-refractivity contribution >= 4 is 11.6 Å². The molecule has 0 aliphatic rings. The normalized spacial score (nSPS) is 11.1. The number of aromatic nitrogens is 2. The van der Waals surface area contributed by atoms with Crippen molar-refractivity contribution in [2.24, 2.45) is 5.73 Å². The monoisotopic (exact) mass is 342 g/mol. The van der Waals surface area contributed by atoms with Crippen LogP contribution in [0.25, 0.3) is 11.5 Å². The number of nitrogens with zero attached hydrogens (tertiary/aromatic N) is 3. The third-order valence-corrected chi connectivity index (χ3v) is 3.86. The molecule has 124 valence electrons. The van der Waals surface area contributed by atoms with E-state index in [1.165, 1.54) is 5.56 Å². The molecule has 2 N–H and O–H groups in total. The van der Waals surface area contributed by atoms with Crippen LogP contribution >= 0.6 is 11.6 Å². The first-order valence-corrected chi connectivity index (χ1v) is 8.17. The molecule has 0 radical (unpaired) electrons. The van der Waals surface area contributed by atoms with E-state index in [4.69, 9.17) is 21.8 Å². The number of benzene rings is 2. The Labute approximate surface area is 146 Å². The van der Waals surface area contributed by atoms with Crippen LogP contribution in [0.5, 0.6) is 0 Å². The lowest BCUT2D eigenvalue weighted by Gasteiger charge is -2.19. The van der Waals surface area contributed by atoms with Crippen molar-refractivity contribution in [3.63, 3.8) is 0 Å². The molecule has 24 heavy (non-hydrogen) atoms. The molecule has 0 unspecified atom stereocenters. The highest BCUT2D eigenvalue weighted by molar-refractivity contribution is 6.30. The fourth-order valence-corrected chi connectivity index (χ4v) is 2.58. The summed E-state index contributed by atoms with van der Waals surface area (Å²) in [6, 6.07) is 17.6. The third-order valence-electron chi connectivity index (χ3n) is 3.61. The first kappa shape index (κ1) is 16.6. The summed E-state index contributed by atoms with van der Waals surface area (Å²) >= 11 is 5.90. The zero-order valence-electron chi connectivity index (χ0n) is 13.2. The summed E-state index contributed by atoms with van der Waals surface area (Å²) in [6.45, 7) is 2.68. The van der Waals surface area contributed by atoms with Crippen molar-refractivity contribution in [3.05, 3.63) is 71.1 Å². The van der Waals surface area contributed by atoms with E-state index in [-0.39, 0.29) is 0 Å². The van der Waals surface area contributed by atoms with E-state index in [1.54, 1.807) is 12.1 Å². The van der Waals surface area contributed by atoms with Gasteiger partial charge in [-0.15, -0.1) is 10.2 Å². The van der Waals surface area contributed by atoms with Crippen molar-refractivity contribution in [3.8, 4) is 11.5 Å². The molecule has 0 aliphatic heterocycles. The van der Waals surface area contributed by atoms with Gasteiger partial charge in [0, 0.05) is 30.2 Å². The Morgan fingerprint density at radius 3 is 2.42 bits per heavy atom. The molecular formula is C18H19ClN4O. The fourth-order valence-electron chi connectivity index (χ4n) is 2.46. The maximum atomic E-state index is 5.90. The van der Waals surface area contributed by atoms with Crippen LogP contribution < -0.4 is 5.73 Å². The molecule has 0 saturated carbocycles. The average Bonchev–Trinajstić information content (AvgIpc) is 3.05. The Morgan fingerprint density at radius 1 is 0.958 bits per heavy atom. The van der Waals surface area contributed by atoms with Crippen molar-refractivity contribution in [1.82, 2.24) is 15.1 Å². The molecule has 0 fully saturated rings. The van der Waals surface area contributed by atoms with E-state index in [9.17, 15) is 0 Å². The van der Waals surface area contributed by atoms with Crippen molar-refractivity contribution in [1.29, 1.82) is 0 Å². The summed E-state index contributed by atoms with van der Waals surface area (Å²) in [7, 11) is 0. The number of hydrogen-bond donors (Lipinski definition) is 1. The van der Waals surface area contributed by atoms with Crippen molar-refractivity contribution in [2.45, 2.75) is 13.1 Å². The van der Waals surface area contributed by atoms with E-state index in [0.29, 0.717) is 29.9 Å². The molecular weight excluding hydrogens is 324 g/mol. The zero-order chi connectivity index (χ0) is 16.8. The molecule has 0 amide bonds. The molecule has 1 aromatic heterocycles. The van der Waals surface area contributed by atoms with Gasteiger partial charge in [0.15, 0.2) is 0 Å². The molecule has 0 spiro atoms. The molecule has 0 aliphatic carbocycles. The molecule has 0 bridgehead atoms. The summed E-state index contributed by atoms with van der Waals surface area (Å²) in [6.07, 6.45) is 0. The zero-order valence-corrected chi connectivity index (χ0v) is 14.0. The van der Waals surface area contributed by atoms with Crippen LogP contribution in [0.3, 0.4) is 0 Å². The van der Waals surface area contributed by atoms with Gasteiger partial charge >= 0.3 is 0 Å². The molecule has 3 aromatic rings. The largest absolute Gasteiger partial charge is 0.419 e. The lowest BCUT2D eigenvalue weighted by atomic mass is 10.2. The van der Waals surface area contributed by atoms with Crippen LogP contribution in [0.15, 0.2) is 59.0 Å². The van der Waals surface area contributed by atoms with Crippen molar-refractivity contribution < 1.29 is 4.42 Å². The van der Waals surface area contributed by atoms with Crippen LogP contribution in [0.1, 0.15) is 11.5 Å². The van der Waals surface area contributed by atoms with Crippen LogP contribution in [-0.4, -0.2) is 28.2 Å². The number of hydrogen-bond acceptors (Lipinski definition) is 5. The maximum absolute atomic E-state index is 5.90. The fraction of sp³-hybridized carbons (Fsp3) is 0.222. The van der Waals surface area contributed by atoms with Gasteiger partial charge in [0.2, 0.25) is 11.8 Å². The predicted octanol–water partition coefficient (Wildman–Crippen LogP) is 3.35. The summed E-state index contributed by atoms with van der Waals surface area (Å²) in [5.74, 6) is 1.07. The second-order valence-corrected chi connectivity index (χ2v) is 5.93. The van der Waals surface area contributed by atoms with Crippen LogP contribution in [0, 0.1) is 0 Å². The minimum Gasteiger partial charge on any atom is -0.419 e.